The molecule has 0 unspecified atom stereocenters. The zero-order valence-electron chi connectivity index (χ0n) is 10.5. The summed E-state index contributed by atoms with van der Waals surface area (Å²) in [5.74, 6) is 0. The summed E-state index contributed by atoms with van der Waals surface area (Å²) in [5, 5.41) is 4.39. The first-order valence-electron chi connectivity index (χ1n) is 6.33. The highest BCUT2D eigenvalue weighted by Gasteiger charge is 2.14. The minimum absolute atomic E-state index is 0.00926. The Hall–Kier alpha value is -1.81. The van der Waals surface area contributed by atoms with E-state index in [1.807, 2.05) is 19.1 Å². The normalized spacial score (nSPS) is 16.2. The predicted octanol–water partition coefficient (Wildman–Crippen LogP) is 1.25. The van der Waals surface area contributed by atoms with E-state index in [2.05, 4.69) is 27.3 Å². The molecule has 4 nitrogen and oxygen atoms in total. The minimum Gasteiger partial charge on any atom is -0.365 e. The lowest BCUT2D eigenvalue weighted by Crippen LogP contribution is -2.45. The number of nitrogens with one attached hydrogen (secondary N) is 2. The number of nitrogens with zero attached hydrogens (tertiary/aromatic N) is 1. The molecule has 2 N–H and O–H groups in total. The molecule has 1 aliphatic rings. The first-order valence-corrected chi connectivity index (χ1v) is 6.33. The molecular weight excluding hydrogens is 226 g/mol. The Labute approximate surface area is 106 Å². The molecule has 0 saturated carbocycles. The first kappa shape index (κ1) is 11.3. The van der Waals surface area contributed by atoms with Gasteiger partial charge in [-0.3, -0.25) is 4.79 Å². The molecule has 0 spiro atoms. The number of piperazine rings is 1. The number of pyridine rings is 1. The molecular formula is C14H17N3O. The Morgan fingerprint density at radius 1 is 1.17 bits per heavy atom. The average Bonchev–Trinajstić information content (AvgIpc) is 2.39. The van der Waals surface area contributed by atoms with Crippen LogP contribution in [-0.2, 0) is 0 Å². The molecule has 3 rings (SSSR count). The zero-order chi connectivity index (χ0) is 12.5. The maximum absolute atomic E-state index is 12.1. The third kappa shape index (κ3) is 1.99. The van der Waals surface area contributed by atoms with E-state index < -0.39 is 0 Å². The van der Waals surface area contributed by atoms with Crippen molar-refractivity contribution in [2.75, 3.05) is 31.1 Å². The monoisotopic (exact) mass is 243 g/mol. The van der Waals surface area contributed by atoms with Gasteiger partial charge in [-0.25, -0.2) is 0 Å². The van der Waals surface area contributed by atoms with Crippen molar-refractivity contribution in [3.8, 4) is 0 Å². The number of hydrogen-bond donors (Lipinski definition) is 2. The summed E-state index contributed by atoms with van der Waals surface area (Å²) in [5.41, 5.74) is 2.87. The Kier molecular flexibility index (Phi) is 2.80. The SMILES string of the molecule is Cc1ccc2cc(N3CCNCC3)c(=O)[nH]c2c1. The van der Waals surface area contributed by atoms with E-state index >= 15 is 0 Å². The van der Waals surface area contributed by atoms with Crippen LogP contribution >= 0.6 is 0 Å². The molecule has 2 aromatic rings. The van der Waals surface area contributed by atoms with Gasteiger partial charge in [0.25, 0.3) is 5.56 Å². The third-order valence-corrected chi connectivity index (χ3v) is 3.44. The fourth-order valence-corrected chi connectivity index (χ4v) is 2.44. The summed E-state index contributed by atoms with van der Waals surface area (Å²) in [4.78, 5) is 17.3. The summed E-state index contributed by atoms with van der Waals surface area (Å²) < 4.78 is 0. The Morgan fingerprint density at radius 3 is 2.72 bits per heavy atom. The lowest BCUT2D eigenvalue weighted by atomic mass is 10.1. The van der Waals surface area contributed by atoms with E-state index in [4.69, 9.17) is 0 Å². The van der Waals surface area contributed by atoms with Crippen LogP contribution in [-0.4, -0.2) is 31.2 Å². The Balaban J connectivity index is 2.09. The predicted molar refractivity (Wildman–Crippen MR) is 74.4 cm³/mol. The van der Waals surface area contributed by atoms with Gasteiger partial charge >= 0.3 is 0 Å². The van der Waals surface area contributed by atoms with Crippen LogP contribution in [0.2, 0.25) is 0 Å². The van der Waals surface area contributed by atoms with E-state index in [9.17, 15) is 4.79 Å². The van der Waals surface area contributed by atoms with Gasteiger partial charge in [0.1, 0.15) is 5.69 Å². The number of aryl methyl sites for hydroxylation is 1. The van der Waals surface area contributed by atoms with Gasteiger partial charge in [0.05, 0.1) is 0 Å². The van der Waals surface area contributed by atoms with E-state index in [0.29, 0.717) is 0 Å². The molecule has 4 heteroatoms. The van der Waals surface area contributed by atoms with Crippen molar-refractivity contribution in [2.24, 2.45) is 0 Å². The largest absolute Gasteiger partial charge is 0.365 e. The van der Waals surface area contributed by atoms with Gasteiger partial charge in [-0.1, -0.05) is 12.1 Å². The lowest BCUT2D eigenvalue weighted by molar-refractivity contribution is 0.588. The summed E-state index contributed by atoms with van der Waals surface area (Å²) in [6.07, 6.45) is 0. The van der Waals surface area contributed by atoms with Crippen LogP contribution in [0.25, 0.3) is 10.9 Å². The molecule has 1 aliphatic heterocycles. The van der Waals surface area contributed by atoms with E-state index in [0.717, 1.165) is 48.3 Å². The molecule has 1 saturated heterocycles. The number of aromatic nitrogens is 1. The van der Waals surface area contributed by atoms with Gasteiger partial charge in [-0.05, 0) is 24.6 Å². The maximum atomic E-state index is 12.1. The number of anilines is 1. The smallest absolute Gasteiger partial charge is 0.271 e. The lowest BCUT2D eigenvalue weighted by Gasteiger charge is -2.28. The van der Waals surface area contributed by atoms with Gasteiger partial charge in [-0.15, -0.1) is 0 Å². The number of rotatable bonds is 1. The molecule has 2 heterocycles. The van der Waals surface area contributed by atoms with Crippen LogP contribution in [0.4, 0.5) is 5.69 Å². The van der Waals surface area contributed by atoms with Crippen molar-refractivity contribution in [3.05, 3.63) is 40.2 Å². The third-order valence-electron chi connectivity index (χ3n) is 3.44. The van der Waals surface area contributed by atoms with Crippen LogP contribution in [0.1, 0.15) is 5.56 Å². The first-order chi connectivity index (χ1) is 8.74. The second kappa shape index (κ2) is 4.46. The van der Waals surface area contributed by atoms with Crippen molar-refractivity contribution in [1.29, 1.82) is 0 Å². The summed E-state index contributed by atoms with van der Waals surface area (Å²) in [6.45, 7) is 5.68. The molecule has 0 bridgehead atoms. The fourth-order valence-electron chi connectivity index (χ4n) is 2.44. The van der Waals surface area contributed by atoms with Gasteiger partial charge in [0.15, 0.2) is 0 Å². The molecule has 0 amide bonds. The van der Waals surface area contributed by atoms with E-state index in [1.165, 1.54) is 0 Å². The topological polar surface area (TPSA) is 48.1 Å². The summed E-state index contributed by atoms with van der Waals surface area (Å²) >= 11 is 0. The number of benzene rings is 1. The standard InChI is InChI=1S/C14H17N3O/c1-10-2-3-11-9-13(14(18)16-12(11)8-10)17-6-4-15-5-7-17/h2-3,8-9,15H,4-7H2,1H3,(H,16,18). The fraction of sp³-hybridized carbons (Fsp3) is 0.357. The second-order valence-corrected chi connectivity index (χ2v) is 4.81. The highest BCUT2D eigenvalue weighted by molar-refractivity contribution is 5.82. The molecule has 1 aromatic carbocycles. The molecule has 1 aromatic heterocycles. The quantitative estimate of drug-likeness (QED) is 0.792. The van der Waals surface area contributed by atoms with Crippen molar-refractivity contribution in [1.82, 2.24) is 10.3 Å². The van der Waals surface area contributed by atoms with Crippen molar-refractivity contribution >= 4 is 16.6 Å². The van der Waals surface area contributed by atoms with Crippen molar-refractivity contribution < 1.29 is 0 Å². The molecule has 0 aliphatic carbocycles. The second-order valence-electron chi connectivity index (χ2n) is 4.81. The molecule has 0 atom stereocenters. The number of H-pyrrole nitrogens is 1. The molecule has 18 heavy (non-hydrogen) atoms. The minimum atomic E-state index is 0.00926. The van der Waals surface area contributed by atoms with Crippen LogP contribution < -0.4 is 15.8 Å². The summed E-state index contributed by atoms with van der Waals surface area (Å²) in [7, 11) is 0. The Morgan fingerprint density at radius 2 is 1.94 bits per heavy atom. The Bertz CT molecular complexity index is 626. The van der Waals surface area contributed by atoms with Crippen LogP contribution in [0, 0.1) is 6.92 Å². The molecule has 0 radical (unpaired) electrons. The van der Waals surface area contributed by atoms with Gasteiger partial charge < -0.3 is 15.2 Å². The van der Waals surface area contributed by atoms with Crippen molar-refractivity contribution in [2.45, 2.75) is 6.92 Å². The number of fused-ring (bicyclic) bond motifs is 1. The van der Waals surface area contributed by atoms with Crippen molar-refractivity contribution in [3.63, 3.8) is 0 Å². The highest BCUT2D eigenvalue weighted by atomic mass is 16.1. The van der Waals surface area contributed by atoms with Gasteiger partial charge in [0.2, 0.25) is 0 Å². The van der Waals surface area contributed by atoms with E-state index in [1.54, 1.807) is 0 Å². The van der Waals surface area contributed by atoms with Crippen LogP contribution in [0.5, 0.6) is 0 Å². The maximum Gasteiger partial charge on any atom is 0.271 e. The molecule has 94 valence electrons. The zero-order valence-corrected chi connectivity index (χ0v) is 10.5. The summed E-state index contributed by atoms with van der Waals surface area (Å²) in [6, 6.07) is 8.14. The number of hydrogen-bond acceptors (Lipinski definition) is 3. The highest BCUT2D eigenvalue weighted by Crippen LogP contribution is 2.17. The van der Waals surface area contributed by atoms with Gasteiger partial charge in [-0.2, -0.15) is 0 Å². The van der Waals surface area contributed by atoms with Gasteiger partial charge in [0, 0.05) is 37.1 Å². The van der Waals surface area contributed by atoms with Crippen LogP contribution in [0.15, 0.2) is 29.1 Å². The number of aromatic amines is 1. The average molecular weight is 243 g/mol. The van der Waals surface area contributed by atoms with Crippen LogP contribution in [0.3, 0.4) is 0 Å². The molecule has 1 fully saturated rings. The van der Waals surface area contributed by atoms with E-state index in [-0.39, 0.29) is 5.56 Å².